The Balaban J connectivity index is 2.38. The van der Waals surface area contributed by atoms with Crippen LogP contribution in [-0.2, 0) is 9.31 Å². The van der Waals surface area contributed by atoms with Crippen LogP contribution in [0.5, 0.6) is 0 Å². The Morgan fingerprint density at radius 1 is 1.09 bits per heavy atom. The van der Waals surface area contributed by atoms with Gasteiger partial charge in [0.2, 0.25) is 0 Å². The molecule has 1 aromatic rings. The van der Waals surface area contributed by atoms with E-state index in [-0.39, 0.29) is 4.75 Å². The van der Waals surface area contributed by atoms with Crippen LogP contribution in [0.3, 0.4) is 0 Å². The maximum Gasteiger partial charge on any atom is 0.495 e. The molecule has 1 aromatic carbocycles. The average molecular weight is 320 g/mol. The molecule has 5 heteroatoms. The summed E-state index contributed by atoms with van der Waals surface area (Å²) in [4.78, 5) is 12.5. The molecule has 1 aliphatic heterocycles. The van der Waals surface area contributed by atoms with E-state index in [1.165, 1.54) is 0 Å². The SMILES string of the molecule is CC(C)(C)Sc1ccc(C=O)c(B2OC(C)(C)C(C)(C)O2)c1. The number of aldehydes is 1. The summed E-state index contributed by atoms with van der Waals surface area (Å²) in [5, 5.41) is 0. The normalized spacial score (nSPS) is 20.2. The minimum absolute atomic E-state index is 0.107. The van der Waals surface area contributed by atoms with Crippen molar-refractivity contribution in [2.75, 3.05) is 0 Å². The van der Waals surface area contributed by atoms with Crippen molar-refractivity contribution in [3.8, 4) is 0 Å². The van der Waals surface area contributed by atoms with Gasteiger partial charge >= 0.3 is 7.12 Å². The van der Waals surface area contributed by atoms with Gasteiger partial charge < -0.3 is 9.31 Å². The third-order valence-electron chi connectivity index (χ3n) is 4.12. The highest BCUT2D eigenvalue weighted by Gasteiger charge is 2.52. The van der Waals surface area contributed by atoms with Crippen LogP contribution >= 0.6 is 11.8 Å². The molecule has 0 spiro atoms. The number of rotatable bonds is 3. The van der Waals surface area contributed by atoms with E-state index >= 15 is 0 Å². The minimum Gasteiger partial charge on any atom is -0.399 e. The van der Waals surface area contributed by atoms with Gasteiger partial charge in [-0.1, -0.05) is 26.8 Å². The Morgan fingerprint density at radius 3 is 2.09 bits per heavy atom. The van der Waals surface area contributed by atoms with E-state index in [9.17, 15) is 4.79 Å². The first-order valence-corrected chi connectivity index (χ1v) is 8.41. The molecule has 0 amide bonds. The number of hydrogen-bond acceptors (Lipinski definition) is 4. The molecule has 3 nitrogen and oxygen atoms in total. The van der Waals surface area contributed by atoms with E-state index in [0.717, 1.165) is 16.6 Å². The Labute approximate surface area is 138 Å². The molecule has 0 atom stereocenters. The lowest BCUT2D eigenvalue weighted by Gasteiger charge is -2.32. The van der Waals surface area contributed by atoms with Crippen molar-refractivity contribution in [2.24, 2.45) is 0 Å². The molecule has 0 aromatic heterocycles. The van der Waals surface area contributed by atoms with Crippen molar-refractivity contribution in [1.29, 1.82) is 0 Å². The van der Waals surface area contributed by atoms with Crippen LogP contribution in [0.2, 0.25) is 0 Å². The van der Waals surface area contributed by atoms with Gasteiger partial charge in [-0.05, 0) is 45.3 Å². The van der Waals surface area contributed by atoms with Crippen LogP contribution in [-0.4, -0.2) is 29.4 Å². The largest absolute Gasteiger partial charge is 0.495 e. The van der Waals surface area contributed by atoms with Gasteiger partial charge in [0.15, 0.2) is 0 Å². The van der Waals surface area contributed by atoms with Gasteiger partial charge in [0.1, 0.15) is 6.29 Å². The van der Waals surface area contributed by atoms with E-state index in [1.807, 2.05) is 45.9 Å². The number of thioether (sulfide) groups is 1. The molecule has 22 heavy (non-hydrogen) atoms. The summed E-state index contributed by atoms with van der Waals surface area (Å²) in [6.07, 6.45) is 0.867. The van der Waals surface area contributed by atoms with Crippen molar-refractivity contribution in [3.05, 3.63) is 23.8 Å². The second kappa shape index (κ2) is 5.70. The zero-order chi connectivity index (χ0) is 16.8. The molecule has 0 unspecified atom stereocenters. The van der Waals surface area contributed by atoms with Crippen LogP contribution < -0.4 is 5.46 Å². The van der Waals surface area contributed by atoms with Gasteiger partial charge in [-0.2, -0.15) is 0 Å². The molecule has 0 bridgehead atoms. The standard InChI is InChI=1S/C17H25BO3S/c1-15(2,3)22-13-9-8-12(11-19)14(10-13)18-20-16(4,5)17(6,7)21-18/h8-11H,1-7H3. The lowest BCUT2D eigenvalue weighted by atomic mass is 9.76. The summed E-state index contributed by atoms with van der Waals surface area (Å²) in [5.41, 5.74) is 0.607. The van der Waals surface area contributed by atoms with Gasteiger partial charge in [-0.3, -0.25) is 4.79 Å². The zero-order valence-corrected chi connectivity index (χ0v) is 15.3. The Morgan fingerprint density at radius 2 is 1.64 bits per heavy atom. The van der Waals surface area contributed by atoms with Crippen LogP contribution in [0.15, 0.2) is 23.1 Å². The van der Waals surface area contributed by atoms with Crippen molar-refractivity contribution in [1.82, 2.24) is 0 Å². The topological polar surface area (TPSA) is 35.5 Å². The van der Waals surface area contributed by atoms with E-state index in [4.69, 9.17) is 9.31 Å². The first kappa shape index (κ1) is 17.6. The van der Waals surface area contributed by atoms with Crippen LogP contribution in [0, 0.1) is 0 Å². The fourth-order valence-electron chi connectivity index (χ4n) is 2.25. The molecular weight excluding hydrogens is 295 g/mol. The molecule has 0 N–H and O–H groups in total. The summed E-state index contributed by atoms with van der Waals surface area (Å²) in [6, 6.07) is 5.84. The summed E-state index contributed by atoms with van der Waals surface area (Å²) in [7, 11) is -0.509. The average Bonchev–Trinajstić information content (AvgIpc) is 2.56. The highest BCUT2D eigenvalue weighted by atomic mass is 32.2. The number of carbonyl (C=O) groups excluding carboxylic acids is 1. The van der Waals surface area contributed by atoms with Crippen molar-refractivity contribution in [3.63, 3.8) is 0 Å². The molecule has 0 saturated carbocycles. The summed E-state index contributed by atoms with van der Waals surface area (Å²) < 4.78 is 12.3. The number of benzene rings is 1. The fourth-order valence-corrected chi connectivity index (χ4v) is 3.28. The summed E-state index contributed by atoms with van der Waals surface area (Å²) in [5.74, 6) is 0. The predicted octanol–water partition coefficient (Wildman–Crippen LogP) is 3.69. The molecular formula is C17H25BO3S. The van der Waals surface area contributed by atoms with E-state index in [0.29, 0.717) is 5.56 Å². The number of carbonyl (C=O) groups is 1. The molecule has 1 aliphatic rings. The highest BCUT2D eigenvalue weighted by molar-refractivity contribution is 8.00. The van der Waals surface area contributed by atoms with Gasteiger partial charge in [-0.15, -0.1) is 11.8 Å². The first-order chi connectivity index (χ1) is 9.95. The molecule has 120 valence electrons. The Hall–Kier alpha value is -0.775. The van der Waals surface area contributed by atoms with E-state index < -0.39 is 18.3 Å². The quantitative estimate of drug-likeness (QED) is 0.483. The molecule has 0 radical (unpaired) electrons. The first-order valence-electron chi connectivity index (χ1n) is 7.59. The molecule has 1 fully saturated rings. The maximum absolute atomic E-state index is 11.4. The van der Waals surface area contributed by atoms with Crippen LogP contribution in [0.4, 0.5) is 0 Å². The predicted molar refractivity (Wildman–Crippen MR) is 93.2 cm³/mol. The van der Waals surface area contributed by atoms with Crippen molar-refractivity contribution in [2.45, 2.75) is 69.3 Å². The number of hydrogen-bond donors (Lipinski definition) is 0. The summed E-state index contributed by atoms with van der Waals surface area (Å²) in [6.45, 7) is 14.6. The van der Waals surface area contributed by atoms with E-state index in [2.05, 4.69) is 20.8 Å². The smallest absolute Gasteiger partial charge is 0.399 e. The molecule has 0 aliphatic carbocycles. The molecule has 2 rings (SSSR count). The monoisotopic (exact) mass is 320 g/mol. The van der Waals surface area contributed by atoms with Gasteiger partial charge in [0.25, 0.3) is 0 Å². The second-order valence-electron chi connectivity index (χ2n) is 7.71. The third-order valence-corrected chi connectivity index (χ3v) is 5.22. The third kappa shape index (κ3) is 3.58. The Kier molecular flexibility index (Phi) is 4.55. The fraction of sp³-hybridized carbons (Fsp3) is 0.588. The Bertz CT molecular complexity index is 560. The molecule has 1 saturated heterocycles. The maximum atomic E-state index is 11.4. The van der Waals surface area contributed by atoms with Crippen LogP contribution in [0.1, 0.15) is 58.8 Å². The van der Waals surface area contributed by atoms with Crippen molar-refractivity contribution >= 4 is 30.6 Å². The lowest BCUT2D eigenvalue weighted by Crippen LogP contribution is -2.41. The van der Waals surface area contributed by atoms with Gasteiger partial charge in [0.05, 0.1) is 11.2 Å². The van der Waals surface area contributed by atoms with Crippen molar-refractivity contribution < 1.29 is 14.1 Å². The summed E-state index contributed by atoms with van der Waals surface area (Å²) >= 11 is 1.77. The van der Waals surface area contributed by atoms with E-state index in [1.54, 1.807) is 11.8 Å². The van der Waals surface area contributed by atoms with Gasteiger partial charge in [0, 0.05) is 15.2 Å². The second-order valence-corrected chi connectivity index (χ2v) is 9.61. The van der Waals surface area contributed by atoms with Gasteiger partial charge in [-0.25, -0.2) is 0 Å². The van der Waals surface area contributed by atoms with Crippen LogP contribution in [0.25, 0.3) is 0 Å². The minimum atomic E-state index is -0.509. The zero-order valence-electron chi connectivity index (χ0n) is 14.5. The highest BCUT2D eigenvalue weighted by Crippen LogP contribution is 2.37. The molecule has 1 heterocycles. The lowest BCUT2D eigenvalue weighted by molar-refractivity contribution is 0.00578.